The van der Waals surface area contributed by atoms with Crippen LogP contribution in [0.25, 0.3) is 6.08 Å². The van der Waals surface area contributed by atoms with Crippen LogP contribution in [-0.2, 0) is 0 Å². The van der Waals surface area contributed by atoms with Gasteiger partial charge in [0.25, 0.3) is 0 Å². The fourth-order valence-corrected chi connectivity index (χ4v) is 2.08. The van der Waals surface area contributed by atoms with Gasteiger partial charge in [0, 0.05) is 0 Å². The summed E-state index contributed by atoms with van der Waals surface area (Å²) in [5, 5.41) is 0. The van der Waals surface area contributed by atoms with Gasteiger partial charge in [-0.1, -0.05) is 55.7 Å². The van der Waals surface area contributed by atoms with Gasteiger partial charge in [-0.15, -0.1) is 0 Å². The summed E-state index contributed by atoms with van der Waals surface area (Å²) in [7, 11) is 0. The van der Waals surface area contributed by atoms with Gasteiger partial charge in [-0.05, 0) is 30.4 Å². The molecule has 0 amide bonds. The minimum atomic E-state index is 0.827. The highest BCUT2D eigenvalue weighted by molar-refractivity contribution is 5.48. The van der Waals surface area contributed by atoms with Gasteiger partial charge >= 0.3 is 0 Å². The third-order valence-electron chi connectivity index (χ3n) is 2.95. The monoisotopic (exact) mass is 185 g/mol. The Balaban J connectivity index is 1.93. The summed E-state index contributed by atoms with van der Waals surface area (Å²) in [5.74, 6) is 0.827. The Morgan fingerprint density at radius 3 is 2.50 bits per heavy atom. The quantitative estimate of drug-likeness (QED) is 0.651. The molecule has 1 aromatic carbocycles. The van der Waals surface area contributed by atoms with Crippen molar-refractivity contribution >= 4 is 6.08 Å². The Hall–Kier alpha value is -1.04. The molecule has 0 heteroatoms. The second kappa shape index (κ2) is 4.99. The molecule has 1 aromatic rings. The van der Waals surface area contributed by atoms with E-state index in [0.717, 1.165) is 5.92 Å². The molecule has 1 aliphatic rings. The van der Waals surface area contributed by atoms with Crippen LogP contribution < -0.4 is 0 Å². The number of hydrogen-bond acceptors (Lipinski definition) is 0. The summed E-state index contributed by atoms with van der Waals surface area (Å²) < 4.78 is 0. The molecule has 0 unspecified atom stereocenters. The second-order valence-electron chi connectivity index (χ2n) is 4.09. The van der Waals surface area contributed by atoms with E-state index in [4.69, 9.17) is 0 Å². The van der Waals surface area contributed by atoms with Crippen LogP contribution in [0.15, 0.2) is 30.3 Å². The van der Waals surface area contributed by atoms with Crippen LogP contribution in [0.1, 0.15) is 37.7 Å². The minimum Gasteiger partial charge on any atom is -0.0808 e. The van der Waals surface area contributed by atoms with Gasteiger partial charge in [-0.25, -0.2) is 0 Å². The van der Waals surface area contributed by atoms with Crippen molar-refractivity contribution in [3.05, 3.63) is 42.0 Å². The smallest absolute Gasteiger partial charge is 0.0184 e. The summed E-state index contributed by atoms with van der Waals surface area (Å²) in [6.07, 6.45) is 11.7. The summed E-state index contributed by atoms with van der Waals surface area (Å²) in [4.78, 5) is 0. The summed E-state index contributed by atoms with van der Waals surface area (Å²) in [5.41, 5.74) is 1.30. The molecule has 0 aromatic heterocycles. The fourth-order valence-electron chi connectivity index (χ4n) is 2.08. The van der Waals surface area contributed by atoms with Crippen molar-refractivity contribution in [2.24, 2.45) is 5.92 Å². The highest BCUT2D eigenvalue weighted by atomic mass is 14.1. The third-order valence-corrected chi connectivity index (χ3v) is 2.95. The lowest BCUT2D eigenvalue weighted by Gasteiger charge is -2.17. The van der Waals surface area contributed by atoms with Crippen molar-refractivity contribution in [2.75, 3.05) is 0 Å². The van der Waals surface area contributed by atoms with E-state index in [1.54, 1.807) is 0 Å². The molecule has 73 valence electrons. The lowest BCUT2D eigenvalue weighted by atomic mass is 9.89. The molecule has 0 saturated heterocycles. The Morgan fingerprint density at radius 1 is 1.07 bits per heavy atom. The van der Waals surface area contributed by atoms with Crippen LogP contribution >= 0.6 is 0 Å². The van der Waals surface area contributed by atoms with E-state index < -0.39 is 0 Å². The van der Waals surface area contributed by atoms with Crippen LogP contribution in [0.3, 0.4) is 0 Å². The first kappa shape index (κ1) is 9.51. The van der Waals surface area contributed by atoms with Crippen LogP contribution in [0.5, 0.6) is 0 Å². The van der Waals surface area contributed by atoms with Crippen molar-refractivity contribution in [2.45, 2.75) is 32.1 Å². The molecule has 0 spiro atoms. The zero-order valence-electron chi connectivity index (χ0n) is 8.58. The molecular weight excluding hydrogens is 168 g/mol. The first-order chi connectivity index (χ1) is 6.95. The van der Waals surface area contributed by atoms with E-state index in [9.17, 15) is 0 Å². The molecule has 0 bridgehead atoms. The molecule has 14 heavy (non-hydrogen) atoms. The topological polar surface area (TPSA) is 0 Å². The zero-order valence-corrected chi connectivity index (χ0v) is 8.58. The first-order valence-corrected chi connectivity index (χ1v) is 5.59. The molecule has 1 radical (unpaired) electrons. The van der Waals surface area contributed by atoms with Crippen LogP contribution in [0.2, 0.25) is 0 Å². The first-order valence-electron chi connectivity index (χ1n) is 5.59. The summed E-state index contributed by atoms with van der Waals surface area (Å²) >= 11 is 0. The fraction of sp³-hybridized carbons (Fsp3) is 0.429. The van der Waals surface area contributed by atoms with Crippen LogP contribution in [-0.4, -0.2) is 0 Å². The highest BCUT2D eigenvalue weighted by Gasteiger charge is 2.09. The Morgan fingerprint density at radius 2 is 1.79 bits per heavy atom. The van der Waals surface area contributed by atoms with Crippen molar-refractivity contribution < 1.29 is 0 Å². The molecule has 0 atom stereocenters. The van der Waals surface area contributed by atoms with Crippen LogP contribution in [0, 0.1) is 12.0 Å². The van der Waals surface area contributed by atoms with Crippen molar-refractivity contribution in [1.82, 2.24) is 0 Å². The Labute approximate surface area is 86.7 Å². The molecule has 1 aliphatic carbocycles. The van der Waals surface area contributed by atoms with E-state index in [2.05, 4.69) is 30.4 Å². The minimum absolute atomic E-state index is 0.827. The predicted octanol–water partition coefficient (Wildman–Crippen LogP) is 4.08. The average Bonchev–Trinajstić information content (AvgIpc) is 2.29. The van der Waals surface area contributed by atoms with Crippen molar-refractivity contribution in [3.8, 4) is 0 Å². The van der Waals surface area contributed by atoms with Gasteiger partial charge in [-0.3, -0.25) is 0 Å². The molecule has 1 saturated carbocycles. The highest BCUT2D eigenvalue weighted by Crippen LogP contribution is 2.25. The van der Waals surface area contributed by atoms with Gasteiger partial charge in [0.15, 0.2) is 0 Å². The predicted molar refractivity (Wildman–Crippen MR) is 60.9 cm³/mol. The standard InChI is InChI=1S/C14H17/c1-3-7-13(8-4-1)11-12-14-9-5-2-6-10-14/h5-6,9-13H,1,3-4,7-8H2/b12-11+. The molecule has 0 heterocycles. The van der Waals surface area contributed by atoms with E-state index in [1.807, 2.05) is 12.1 Å². The van der Waals surface area contributed by atoms with Gasteiger partial charge in [0.2, 0.25) is 0 Å². The van der Waals surface area contributed by atoms with E-state index in [1.165, 1.54) is 37.7 Å². The van der Waals surface area contributed by atoms with Crippen LogP contribution in [0.4, 0.5) is 0 Å². The Kier molecular flexibility index (Phi) is 3.39. The SMILES string of the molecule is [c]1ccc(/C=C/C2CCCCC2)cc1. The summed E-state index contributed by atoms with van der Waals surface area (Å²) in [6.45, 7) is 0. The normalized spacial score (nSPS) is 18.9. The molecule has 0 nitrogen and oxygen atoms in total. The van der Waals surface area contributed by atoms with E-state index >= 15 is 0 Å². The second-order valence-corrected chi connectivity index (χ2v) is 4.09. The Bertz CT molecular complexity index is 278. The zero-order chi connectivity index (χ0) is 9.64. The third kappa shape index (κ3) is 2.73. The van der Waals surface area contributed by atoms with Crippen molar-refractivity contribution in [1.29, 1.82) is 0 Å². The largest absolute Gasteiger partial charge is 0.0808 e. The van der Waals surface area contributed by atoms with E-state index in [0.29, 0.717) is 0 Å². The molecule has 2 rings (SSSR count). The number of benzene rings is 1. The molecule has 0 N–H and O–H groups in total. The maximum Gasteiger partial charge on any atom is -0.0184 e. The number of rotatable bonds is 2. The van der Waals surface area contributed by atoms with Gasteiger partial charge in [0.05, 0.1) is 0 Å². The lowest BCUT2D eigenvalue weighted by Crippen LogP contribution is -2.02. The molecule has 1 fully saturated rings. The average molecular weight is 185 g/mol. The summed E-state index contributed by atoms with van der Waals surface area (Å²) in [6, 6.07) is 11.2. The molecular formula is C14H17. The van der Waals surface area contributed by atoms with Gasteiger partial charge < -0.3 is 0 Å². The van der Waals surface area contributed by atoms with E-state index in [-0.39, 0.29) is 0 Å². The number of hydrogen-bond donors (Lipinski definition) is 0. The number of allylic oxidation sites excluding steroid dienone is 1. The maximum absolute atomic E-state index is 3.04. The molecule has 0 aliphatic heterocycles. The maximum atomic E-state index is 3.04. The van der Waals surface area contributed by atoms with Crippen molar-refractivity contribution in [3.63, 3.8) is 0 Å². The lowest BCUT2D eigenvalue weighted by molar-refractivity contribution is 0.420. The van der Waals surface area contributed by atoms with Gasteiger partial charge in [0.1, 0.15) is 0 Å². The van der Waals surface area contributed by atoms with Gasteiger partial charge in [-0.2, -0.15) is 0 Å².